The number of aromatic nitrogens is 3. The van der Waals surface area contributed by atoms with Crippen molar-refractivity contribution in [1.29, 1.82) is 0 Å². The second-order valence-electron chi connectivity index (χ2n) is 4.76. The topological polar surface area (TPSA) is 59.8 Å². The van der Waals surface area contributed by atoms with Crippen molar-refractivity contribution >= 4 is 17.5 Å². The highest BCUT2D eigenvalue weighted by atomic mass is 35.5. The van der Waals surface area contributed by atoms with Crippen molar-refractivity contribution in [3.05, 3.63) is 46.0 Å². The molecular formula is C14H17ClN4O. The maximum atomic E-state index is 12.2. The molecule has 0 aliphatic carbocycles. The third kappa shape index (κ3) is 2.67. The lowest BCUT2D eigenvalue weighted by atomic mass is 10.1. The molecule has 0 spiro atoms. The van der Waals surface area contributed by atoms with E-state index in [1.165, 1.54) is 6.20 Å². The molecule has 0 unspecified atom stereocenters. The third-order valence-corrected chi connectivity index (χ3v) is 3.66. The number of carbonyl (C=O) groups is 1. The highest BCUT2D eigenvalue weighted by Crippen LogP contribution is 2.22. The number of nitrogens with zero attached hydrogens (tertiary/aromatic N) is 3. The van der Waals surface area contributed by atoms with E-state index in [4.69, 9.17) is 11.6 Å². The highest BCUT2D eigenvalue weighted by Gasteiger charge is 2.19. The second-order valence-corrected chi connectivity index (χ2v) is 5.17. The van der Waals surface area contributed by atoms with E-state index < -0.39 is 0 Å². The molecule has 0 aliphatic heterocycles. The van der Waals surface area contributed by atoms with Crippen LogP contribution >= 0.6 is 11.6 Å². The Morgan fingerprint density at radius 3 is 2.70 bits per heavy atom. The van der Waals surface area contributed by atoms with Crippen molar-refractivity contribution in [2.45, 2.75) is 26.8 Å². The number of nitrogens with one attached hydrogen (secondary N) is 1. The first-order chi connectivity index (χ1) is 9.41. The lowest BCUT2D eigenvalue weighted by Crippen LogP contribution is -2.27. The minimum Gasteiger partial charge on any atom is -0.345 e. The molecule has 0 radical (unpaired) electrons. The quantitative estimate of drug-likeness (QED) is 0.946. The first-order valence-corrected chi connectivity index (χ1v) is 6.70. The van der Waals surface area contributed by atoms with Gasteiger partial charge in [-0.2, -0.15) is 5.10 Å². The fraction of sp³-hybridized carbons (Fsp3) is 0.357. The minimum absolute atomic E-state index is 0.138. The van der Waals surface area contributed by atoms with Crippen molar-refractivity contribution in [2.24, 2.45) is 7.05 Å². The summed E-state index contributed by atoms with van der Waals surface area (Å²) in [4.78, 5) is 16.1. The van der Waals surface area contributed by atoms with Gasteiger partial charge >= 0.3 is 0 Å². The zero-order valence-electron chi connectivity index (χ0n) is 11.9. The number of hydrogen-bond acceptors (Lipinski definition) is 3. The molecule has 0 fully saturated rings. The summed E-state index contributed by atoms with van der Waals surface area (Å²) in [6, 6.07) is 1.47. The number of rotatable bonds is 3. The van der Waals surface area contributed by atoms with E-state index in [1.54, 1.807) is 12.3 Å². The number of pyridine rings is 1. The molecule has 2 aromatic heterocycles. The Morgan fingerprint density at radius 1 is 1.45 bits per heavy atom. The molecule has 2 aromatic rings. The van der Waals surface area contributed by atoms with Crippen LogP contribution < -0.4 is 5.32 Å². The SMILES string of the molecule is Cc1nn(C)c(C)c1[C@@H](C)NC(=O)c1ccncc1Cl. The summed E-state index contributed by atoms with van der Waals surface area (Å²) in [6.07, 6.45) is 3.01. The molecule has 2 rings (SSSR count). The van der Waals surface area contributed by atoms with Crippen molar-refractivity contribution in [3.63, 3.8) is 0 Å². The predicted octanol–water partition coefficient (Wildman–Crippen LogP) is 2.58. The summed E-state index contributed by atoms with van der Waals surface area (Å²) in [7, 11) is 1.89. The molecule has 1 N–H and O–H groups in total. The molecule has 2 heterocycles. The normalized spacial score (nSPS) is 12.2. The van der Waals surface area contributed by atoms with Crippen LogP contribution in [0.25, 0.3) is 0 Å². The molecular weight excluding hydrogens is 276 g/mol. The molecule has 5 nitrogen and oxygen atoms in total. The summed E-state index contributed by atoms with van der Waals surface area (Å²) in [6.45, 7) is 5.85. The van der Waals surface area contributed by atoms with Gasteiger partial charge in [0, 0.05) is 30.7 Å². The van der Waals surface area contributed by atoms with Crippen LogP contribution in [-0.4, -0.2) is 20.7 Å². The standard InChI is InChI=1S/C14H17ClN4O/c1-8(13-9(2)18-19(4)10(13)3)17-14(20)11-5-6-16-7-12(11)15/h5-8H,1-4H3,(H,17,20)/t8-/m1/s1. The molecule has 106 valence electrons. The van der Waals surface area contributed by atoms with Gasteiger partial charge < -0.3 is 5.32 Å². The summed E-state index contributed by atoms with van der Waals surface area (Å²) < 4.78 is 1.81. The predicted molar refractivity (Wildman–Crippen MR) is 77.8 cm³/mol. The third-order valence-electron chi connectivity index (χ3n) is 3.36. The molecule has 6 heteroatoms. The largest absolute Gasteiger partial charge is 0.345 e. The van der Waals surface area contributed by atoms with Gasteiger partial charge in [0.1, 0.15) is 0 Å². The number of hydrogen-bond donors (Lipinski definition) is 1. The first kappa shape index (κ1) is 14.5. The molecule has 0 aromatic carbocycles. The van der Waals surface area contributed by atoms with Gasteiger partial charge in [-0.1, -0.05) is 11.6 Å². The van der Waals surface area contributed by atoms with Crippen molar-refractivity contribution in [2.75, 3.05) is 0 Å². The molecule has 0 saturated heterocycles. The maximum Gasteiger partial charge on any atom is 0.253 e. The van der Waals surface area contributed by atoms with Crippen LogP contribution in [0.2, 0.25) is 5.02 Å². The van der Waals surface area contributed by atoms with Gasteiger partial charge in [-0.15, -0.1) is 0 Å². The Balaban J connectivity index is 2.22. The smallest absolute Gasteiger partial charge is 0.253 e. The molecule has 0 saturated carbocycles. The van der Waals surface area contributed by atoms with Gasteiger partial charge in [0.25, 0.3) is 5.91 Å². The van der Waals surface area contributed by atoms with Crippen LogP contribution in [-0.2, 0) is 7.05 Å². The molecule has 0 aliphatic rings. The zero-order valence-corrected chi connectivity index (χ0v) is 12.7. The summed E-state index contributed by atoms with van der Waals surface area (Å²) in [5.74, 6) is -0.215. The van der Waals surface area contributed by atoms with E-state index in [1.807, 2.05) is 32.5 Å². The molecule has 1 amide bonds. The second kappa shape index (κ2) is 5.63. The van der Waals surface area contributed by atoms with E-state index >= 15 is 0 Å². The van der Waals surface area contributed by atoms with E-state index in [0.29, 0.717) is 10.6 Å². The Kier molecular flexibility index (Phi) is 4.09. The van der Waals surface area contributed by atoms with Crippen LogP contribution in [0.3, 0.4) is 0 Å². The lowest BCUT2D eigenvalue weighted by Gasteiger charge is -2.15. The van der Waals surface area contributed by atoms with Crippen molar-refractivity contribution in [3.8, 4) is 0 Å². The van der Waals surface area contributed by atoms with E-state index in [2.05, 4.69) is 15.4 Å². The molecule has 0 bridgehead atoms. The summed E-state index contributed by atoms with van der Waals surface area (Å²) in [5.41, 5.74) is 3.41. The van der Waals surface area contributed by atoms with Gasteiger partial charge in [-0.25, -0.2) is 0 Å². The van der Waals surface area contributed by atoms with Crippen molar-refractivity contribution in [1.82, 2.24) is 20.1 Å². The first-order valence-electron chi connectivity index (χ1n) is 6.32. The van der Waals surface area contributed by atoms with Crippen LogP contribution in [0.15, 0.2) is 18.5 Å². The van der Waals surface area contributed by atoms with Crippen LogP contribution in [0, 0.1) is 13.8 Å². The van der Waals surface area contributed by atoms with Crippen LogP contribution in [0.4, 0.5) is 0 Å². The summed E-state index contributed by atoms with van der Waals surface area (Å²) >= 11 is 5.98. The monoisotopic (exact) mass is 292 g/mol. The Labute approximate surface area is 123 Å². The Hall–Kier alpha value is -1.88. The zero-order chi connectivity index (χ0) is 14.9. The van der Waals surface area contributed by atoms with E-state index in [0.717, 1.165) is 17.0 Å². The van der Waals surface area contributed by atoms with Gasteiger partial charge in [-0.05, 0) is 26.8 Å². The number of carbonyl (C=O) groups excluding carboxylic acids is 1. The number of aryl methyl sites for hydroxylation is 2. The molecule has 20 heavy (non-hydrogen) atoms. The van der Waals surface area contributed by atoms with Crippen LogP contribution in [0.1, 0.15) is 40.3 Å². The van der Waals surface area contributed by atoms with Gasteiger partial charge in [0.2, 0.25) is 0 Å². The Bertz CT molecular complexity index is 651. The van der Waals surface area contributed by atoms with Gasteiger partial charge in [-0.3, -0.25) is 14.5 Å². The lowest BCUT2D eigenvalue weighted by molar-refractivity contribution is 0.0940. The Morgan fingerprint density at radius 2 is 2.15 bits per heavy atom. The molecule has 1 atom stereocenters. The fourth-order valence-corrected chi connectivity index (χ4v) is 2.53. The number of amides is 1. The van der Waals surface area contributed by atoms with Crippen molar-refractivity contribution < 1.29 is 4.79 Å². The number of halogens is 1. The average Bonchev–Trinajstić information content (AvgIpc) is 2.63. The van der Waals surface area contributed by atoms with Gasteiger partial charge in [0.05, 0.1) is 22.3 Å². The van der Waals surface area contributed by atoms with Gasteiger partial charge in [0.15, 0.2) is 0 Å². The average molecular weight is 293 g/mol. The maximum absolute atomic E-state index is 12.2. The summed E-state index contributed by atoms with van der Waals surface area (Å²) in [5, 5.41) is 7.65. The van der Waals surface area contributed by atoms with Crippen LogP contribution in [0.5, 0.6) is 0 Å². The highest BCUT2D eigenvalue weighted by molar-refractivity contribution is 6.33. The van der Waals surface area contributed by atoms with E-state index in [9.17, 15) is 4.79 Å². The minimum atomic E-state index is -0.215. The fourth-order valence-electron chi connectivity index (χ4n) is 2.32. The van der Waals surface area contributed by atoms with E-state index in [-0.39, 0.29) is 11.9 Å².